The number of carbonyl (C=O) groups excluding carboxylic acids is 4. The molecule has 2 aromatic carbocycles. The smallest absolute Gasteiger partial charge is 0.272 e. The summed E-state index contributed by atoms with van der Waals surface area (Å²) < 4.78 is 0. The van der Waals surface area contributed by atoms with Crippen LogP contribution in [0.5, 0.6) is 5.75 Å². The molecule has 5 rings (SSSR count). The molecule has 9 heteroatoms. The summed E-state index contributed by atoms with van der Waals surface area (Å²) in [7, 11) is 0. The Morgan fingerprint density at radius 1 is 1.10 bits per heavy atom. The van der Waals surface area contributed by atoms with Crippen molar-refractivity contribution in [1.82, 2.24) is 15.2 Å². The van der Waals surface area contributed by atoms with Crippen LogP contribution >= 0.6 is 0 Å². The lowest BCUT2D eigenvalue weighted by Gasteiger charge is -2.29. The number of carbonyl (C=O) groups is 4. The second-order valence-electron chi connectivity index (χ2n) is 7.68. The van der Waals surface area contributed by atoms with E-state index in [0.717, 1.165) is 5.52 Å². The van der Waals surface area contributed by atoms with E-state index in [1.54, 1.807) is 36.4 Å². The van der Waals surface area contributed by atoms with Gasteiger partial charge in [-0.25, -0.2) is 0 Å². The van der Waals surface area contributed by atoms with Crippen LogP contribution < -0.4 is 10.6 Å². The van der Waals surface area contributed by atoms with Crippen LogP contribution in [-0.2, 0) is 16.1 Å². The molecule has 9 nitrogen and oxygen atoms in total. The summed E-state index contributed by atoms with van der Waals surface area (Å²) in [5, 5.41) is 15.4. The Kier molecular flexibility index (Phi) is 4.25. The Labute approximate surface area is 176 Å². The number of aromatic hydroxyl groups is 1. The molecule has 2 aliphatic heterocycles. The molecule has 1 unspecified atom stereocenters. The van der Waals surface area contributed by atoms with E-state index in [-0.39, 0.29) is 36.4 Å². The lowest BCUT2D eigenvalue weighted by Crippen LogP contribution is -2.52. The van der Waals surface area contributed by atoms with Crippen molar-refractivity contribution in [3.05, 3.63) is 59.3 Å². The average molecular weight is 418 g/mol. The van der Waals surface area contributed by atoms with E-state index < -0.39 is 11.9 Å². The molecule has 1 saturated heterocycles. The molecule has 2 aliphatic rings. The summed E-state index contributed by atoms with van der Waals surface area (Å²) in [6.45, 7) is 0.232. The molecule has 3 aromatic rings. The standard InChI is InChI=1S/C22H18N4O5/c27-14-2-4-16-11(8-14)9-17(24-16)20(29)23-13-1-3-15-12(7-13)10-26(22(15)31)18-5-6-19(28)25-21(18)30/h1-4,7-9,18,24,27H,5-6,10H2,(H,23,29)(H,25,28,30). The van der Waals surface area contributed by atoms with Gasteiger partial charge in [-0.2, -0.15) is 0 Å². The van der Waals surface area contributed by atoms with Gasteiger partial charge < -0.3 is 20.3 Å². The number of aromatic nitrogens is 1. The van der Waals surface area contributed by atoms with Crippen LogP contribution in [0, 0.1) is 0 Å². The van der Waals surface area contributed by atoms with E-state index in [0.29, 0.717) is 34.3 Å². The zero-order chi connectivity index (χ0) is 21.7. The molecule has 4 amide bonds. The first kappa shape index (κ1) is 18.9. The van der Waals surface area contributed by atoms with Crippen molar-refractivity contribution < 1.29 is 24.3 Å². The minimum absolute atomic E-state index is 0.113. The molecule has 0 saturated carbocycles. The van der Waals surface area contributed by atoms with E-state index in [4.69, 9.17) is 0 Å². The minimum atomic E-state index is -0.682. The number of rotatable bonds is 3. The average Bonchev–Trinajstić information content (AvgIpc) is 3.29. The van der Waals surface area contributed by atoms with Crippen molar-refractivity contribution >= 4 is 40.2 Å². The fourth-order valence-electron chi connectivity index (χ4n) is 4.09. The number of amides is 4. The third-order valence-corrected chi connectivity index (χ3v) is 5.63. The summed E-state index contributed by atoms with van der Waals surface area (Å²) in [6.07, 6.45) is 0.490. The number of nitrogens with zero attached hydrogens (tertiary/aromatic N) is 1. The predicted octanol–water partition coefficient (Wildman–Crippen LogP) is 1.89. The maximum atomic E-state index is 12.8. The van der Waals surface area contributed by atoms with Crippen molar-refractivity contribution in [2.45, 2.75) is 25.4 Å². The van der Waals surface area contributed by atoms with Crippen LogP contribution in [-0.4, -0.2) is 44.7 Å². The number of piperidine rings is 1. The van der Waals surface area contributed by atoms with Gasteiger partial charge in [0.25, 0.3) is 11.8 Å². The fraction of sp³-hybridized carbons (Fsp3) is 0.182. The number of hydrogen-bond acceptors (Lipinski definition) is 5. The molecular weight excluding hydrogens is 400 g/mol. The number of phenolic OH excluding ortho intramolecular Hbond substituents is 1. The molecule has 0 radical (unpaired) electrons. The van der Waals surface area contributed by atoms with Gasteiger partial charge in [0.1, 0.15) is 17.5 Å². The number of aromatic amines is 1. The lowest BCUT2D eigenvalue weighted by atomic mass is 10.0. The van der Waals surface area contributed by atoms with Crippen LogP contribution in [0.4, 0.5) is 5.69 Å². The largest absolute Gasteiger partial charge is 0.508 e. The van der Waals surface area contributed by atoms with Crippen LogP contribution in [0.15, 0.2) is 42.5 Å². The van der Waals surface area contributed by atoms with Crippen molar-refractivity contribution in [1.29, 1.82) is 0 Å². The molecular formula is C22H18N4O5. The molecule has 1 atom stereocenters. The summed E-state index contributed by atoms with van der Waals surface area (Å²) in [5.74, 6) is -1.31. The molecule has 0 bridgehead atoms. The Morgan fingerprint density at radius 2 is 1.94 bits per heavy atom. The first-order valence-corrected chi connectivity index (χ1v) is 9.80. The van der Waals surface area contributed by atoms with Crippen LogP contribution in [0.2, 0.25) is 0 Å². The van der Waals surface area contributed by atoms with E-state index in [1.807, 2.05) is 0 Å². The quantitative estimate of drug-likeness (QED) is 0.483. The molecule has 156 valence electrons. The number of nitrogens with one attached hydrogen (secondary N) is 3. The molecule has 1 fully saturated rings. The van der Waals surface area contributed by atoms with Gasteiger partial charge in [0.05, 0.1) is 0 Å². The number of H-pyrrole nitrogens is 1. The highest BCUT2D eigenvalue weighted by Crippen LogP contribution is 2.30. The van der Waals surface area contributed by atoms with Gasteiger partial charge in [-0.1, -0.05) is 0 Å². The van der Waals surface area contributed by atoms with Gasteiger partial charge in [-0.15, -0.1) is 0 Å². The van der Waals surface area contributed by atoms with E-state index in [2.05, 4.69) is 15.6 Å². The van der Waals surface area contributed by atoms with Crippen molar-refractivity contribution in [2.75, 3.05) is 5.32 Å². The van der Waals surface area contributed by atoms with Crippen LogP contribution in [0.25, 0.3) is 10.9 Å². The predicted molar refractivity (Wildman–Crippen MR) is 110 cm³/mol. The zero-order valence-electron chi connectivity index (χ0n) is 16.3. The fourth-order valence-corrected chi connectivity index (χ4v) is 4.09. The first-order chi connectivity index (χ1) is 14.9. The molecule has 4 N–H and O–H groups in total. The number of imide groups is 1. The van der Waals surface area contributed by atoms with Crippen molar-refractivity contribution in [2.24, 2.45) is 0 Å². The normalized spacial score (nSPS) is 18.3. The second kappa shape index (κ2) is 6.98. The van der Waals surface area contributed by atoms with Gasteiger partial charge in [0.15, 0.2) is 0 Å². The number of anilines is 1. The molecule has 3 heterocycles. The summed E-state index contributed by atoms with van der Waals surface area (Å²) in [5.41, 5.74) is 2.76. The summed E-state index contributed by atoms with van der Waals surface area (Å²) in [4.78, 5) is 53.4. The lowest BCUT2D eigenvalue weighted by molar-refractivity contribution is -0.136. The number of hydrogen-bond donors (Lipinski definition) is 4. The number of benzene rings is 2. The van der Waals surface area contributed by atoms with Gasteiger partial charge >= 0.3 is 0 Å². The third-order valence-electron chi connectivity index (χ3n) is 5.63. The van der Waals surface area contributed by atoms with Gasteiger partial charge in [-0.3, -0.25) is 24.5 Å². The SMILES string of the molecule is O=C1CCC(N2Cc3cc(NC(=O)c4cc5cc(O)ccc5[nH]4)ccc3C2=O)C(=O)N1. The highest BCUT2D eigenvalue weighted by atomic mass is 16.3. The van der Waals surface area contributed by atoms with Gasteiger partial charge in [-0.05, 0) is 54.4 Å². The van der Waals surface area contributed by atoms with Crippen LogP contribution in [0.1, 0.15) is 39.3 Å². The Bertz CT molecular complexity index is 1280. The number of fused-ring (bicyclic) bond motifs is 2. The Balaban J connectivity index is 1.34. The Hall–Kier alpha value is -4.14. The zero-order valence-corrected chi connectivity index (χ0v) is 16.3. The second-order valence-corrected chi connectivity index (χ2v) is 7.68. The topological polar surface area (TPSA) is 132 Å². The molecule has 1 aromatic heterocycles. The van der Waals surface area contributed by atoms with Gasteiger partial charge in [0.2, 0.25) is 11.8 Å². The Morgan fingerprint density at radius 3 is 2.74 bits per heavy atom. The number of phenols is 1. The summed E-state index contributed by atoms with van der Waals surface area (Å²) in [6, 6.07) is 10.7. The van der Waals surface area contributed by atoms with Crippen molar-refractivity contribution in [3.63, 3.8) is 0 Å². The first-order valence-electron chi connectivity index (χ1n) is 9.80. The van der Waals surface area contributed by atoms with Gasteiger partial charge in [0, 0.05) is 35.1 Å². The monoisotopic (exact) mass is 418 g/mol. The third kappa shape index (κ3) is 3.29. The highest BCUT2D eigenvalue weighted by Gasteiger charge is 2.39. The molecule has 31 heavy (non-hydrogen) atoms. The van der Waals surface area contributed by atoms with Crippen LogP contribution in [0.3, 0.4) is 0 Å². The maximum Gasteiger partial charge on any atom is 0.272 e. The summed E-state index contributed by atoms with van der Waals surface area (Å²) >= 11 is 0. The molecule has 0 spiro atoms. The maximum absolute atomic E-state index is 12.8. The minimum Gasteiger partial charge on any atom is -0.508 e. The van der Waals surface area contributed by atoms with E-state index >= 15 is 0 Å². The highest BCUT2D eigenvalue weighted by molar-refractivity contribution is 6.08. The van der Waals surface area contributed by atoms with E-state index in [9.17, 15) is 24.3 Å². The van der Waals surface area contributed by atoms with E-state index in [1.165, 1.54) is 11.0 Å². The molecule has 0 aliphatic carbocycles. The van der Waals surface area contributed by atoms with Crippen molar-refractivity contribution in [3.8, 4) is 5.75 Å².